The second-order valence-electron chi connectivity index (χ2n) is 2.59. The third kappa shape index (κ3) is 2.54. The molecule has 0 bridgehead atoms. The zero-order chi connectivity index (χ0) is 10.6. The summed E-state index contributed by atoms with van der Waals surface area (Å²) in [6.07, 6.45) is 4.07. The number of sulfonamides is 1. The molecule has 1 aromatic heterocycles. The van der Waals surface area contributed by atoms with Gasteiger partial charge in [0.1, 0.15) is 4.90 Å². The summed E-state index contributed by atoms with van der Waals surface area (Å²) in [6.45, 7) is 3.59. The van der Waals surface area contributed by atoms with Gasteiger partial charge in [0.15, 0.2) is 0 Å². The highest BCUT2D eigenvalue weighted by Crippen LogP contribution is 2.09. The van der Waals surface area contributed by atoms with E-state index in [9.17, 15) is 8.42 Å². The molecule has 0 aliphatic heterocycles. The maximum atomic E-state index is 11.5. The topological polar surface area (TPSA) is 85.1 Å². The molecule has 1 rings (SSSR count). The van der Waals surface area contributed by atoms with Gasteiger partial charge in [0, 0.05) is 18.9 Å². The summed E-state index contributed by atoms with van der Waals surface area (Å²) in [7, 11) is -3.51. The Morgan fingerprint density at radius 1 is 1.57 bits per heavy atom. The van der Waals surface area contributed by atoms with Crippen molar-refractivity contribution in [3.8, 4) is 0 Å². The van der Waals surface area contributed by atoms with Gasteiger partial charge in [0.05, 0.1) is 5.69 Å². The van der Waals surface area contributed by atoms with Gasteiger partial charge < -0.3 is 5.73 Å². The van der Waals surface area contributed by atoms with Gasteiger partial charge in [-0.3, -0.25) is 4.98 Å². The largest absolute Gasteiger partial charge is 0.397 e. The molecular weight excluding hydrogens is 202 g/mol. The van der Waals surface area contributed by atoms with Crippen molar-refractivity contribution in [1.29, 1.82) is 0 Å². The number of nitrogens with two attached hydrogens (primary N) is 1. The van der Waals surface area contributed by atoms with E-state index in [-0.39, 0.29) is 11.4 Å². The van der Waals surface area contributed by atoms with Crippen molar-refractivity contribution in [3.05, 3.63) is 31.1 Å². The lowest BCUT2D eigenvalue weighted by molar-refractivity contribution is 0.585. The van der Waals surface area contributed by atoms with Crippen LogP contribution >= 0.6 is 0 Å². The summed E-state index contributed by atoms with van der Waals surface area (Å²) >= 11 is 0. The SMILES string of the molecule is C=CCNS(=O)(=O)c1cncc(N)c1. The maximum Gasteiger partial charge on any atom is 0.242 e. The lowest BCUT2D eigenvalue weighted by Crippen LogP contribution is -2.23. The zero-order valence-corrected chi connectivity index (χ0v) is 8.29. The average molecular weight is 213 g/mol. The predicted octanol–water partition coefficient (Wildman–Crippen LogP) is 0.128. The average Bonchev–Trinajstić information content (AvgIpc) is 2.15. The van der Waals surface area contributed by atoms with Crippen molar-refractivity contribution in [2.45, 2.75) is 4.90 Å². The highest BCUT2D eigenvalue weighted by Gasteiger charge is 2.12. The van der Waals surface area contributed by atoms with Crippen molar-refractivity contribution in [1.82, 2.24) is 9.71 Å². The minimum absolute atomic E-state index is 0.0550. The van der Waals surface area contributed by atoms with Gasteiger partial charge in [-0.05, 0) is 6.07 Å². The molecule has 0 amide bonds. The first-order valence-corrected chi connectivity index (χ1v) is 5.35. The molecule has 0 atom stereocenters. The van der Waals surface area contributed by atoms with Crippen molar-refractivity contribution in [2.75, 3.05) is 12.3 Å². The highest BCUT2D eigenvalue weighted by atomic mass is 32.2. The third-order valence-electron chi connectivity index (χ3n) is 1.46. The number of pyridine rings is 1. The number of hydrogen-bond donors (Lipinski definition) is 2. The Kier molecular flexibility index (Phi) is 3.21. The fraction of sp³-hybridized carbons (Fsp3) is 0.125. The fourth-order valence-corrected chi connectivity index (χ4v) is 1.83. The zero-order valence-electron chi connectivity index (χ0n) is 7.47. The molecular formula is C8H11N3O2S. The third-order valence-corrected chi connectivity index (χ3v) is 2.85. The molecule has 0 fully saturated rings. The number of nitrogen functional groups attached to an aromatic ring is 1. The molecule has 0 aliphatic carbocycles. The standard InChI is InChI=1S/C8H11N3O2S/c1-2-3-11-14(12,13)8-4-7(9)5-10-6-8/h2,4-6,11H,1,3,9H2. The molecule has 76 valence electrons. The molecule has 0 spiro atoms. The molecule has 0 unspecified atom stereocenters. The van der Waals surface area contributed by atoms with E-state index in [0.29, 0.717) is 5.69 Å². The molecule has 6 heteroatoms. The van der Waals surface area contributed by atoms with E-state index in [2.05, 4.69) is 16.3 Å². The van der Waals surface area contributed by atoms with Gasteiger partial charge in [0.2, 0.25) is 10.0 Å². The first kappa shape index (κ1) is 10.7. The summed E-state index contributed by atoms with van der Waals surface area (Å²) in [4.78, 5) is 3.74. The number of nitrogens with one attached hydrogen (secondary N) is 1. The number of hydrogen-bond acceptors (Lipinski definition) is 4. The summed E-state index contributed by atoms with van der Waals surface area (Å²) in [5, 5.41) is 0. The van der Waals surface area contributed by atoms with Crippen LogP contribution in [0.15, 0.2) is 36.0 Å². The van der Waals surface area contributed by atoms with Crippen LogP contribution in [0.2, 0.25) is 0 Å². The van der Waals surface area contributed by atoms with Crippen LogP contribution in [-0.2, 0) is 10.0 Å². The predicted molar refractivity (Wildman–Crippen MR) is 54.0 cm³/mol. The lowest BCUT2D eigenvalue weighted by Gasteiger charge is -2.03. The van der Waals surface area contributed by atoms with Crippen LogP contribution in [0.25, 0.3) is 0 Å². The van der Waals surface area contributed by atoms with Gasteiger partial charge in [-0.1, -0.05) is 6.08 Å². The summed E-state index contributed by atoms with van der Waals surface area (Å²) in [6, 6.07) is 1.35. The first-order valence-electron chi connectivity index (χ1n) is 3.87. The van der Waals surface area contributed by atoms with Crippen molar-refractivity contribution < 1.29 is 8.42 Å². The number of nitrogens with zero attached hydrogens (tertiary/aromatic N) is 1. The van der Waals surface area contributed by atoms with E-state index >= 15 is 0 Å². The van der Waals surface area contributed by atoms with E-state index in [1.165, 1.54) is 24.5 Å². The Balaban J connectivity index is 2.98. The molecule has 1 heterocycles. The molecule has 1 aromatic rings. The van der Waals surface area contributed by atoms with E-state index in [1.807, 2.05) is 0 Å². The summed E-state index contributed by atoms with van der Waals surface area (Å²) < 4.78 is 25.3. The van der Waals surface area contributed by atoms with Crippen LogP contribution in [0.3, 0.4) is 0 Å². The Labute approximate surface area is 82.7 Å². The molecule has 0 aromatic carbocycles. The Bertz CT molecular complexity index is 428. The molecule has 0 saturated heterocycles. The highest BCUT2D eigenvalue weighted by molar-refractivity contribution is 7.89. The Morgan fingerprint density at radius 2 is 2.29 bits per heavy atom. The first-order chi connectivity index (χ1) is 6.56. The van der Waals surface area contributed by atoms with E-state index in [1.54, 1.807) is 0 Å². The number of rotatable bonds is 4. The molecule has 5 nitrogen and oxygen atoms in total. The summed E-state index contributed by atoms with van der Waals surface area (Å²) in [5.41, 5.74) is 5.72. The monoisotopic (exact) mass is 213 g/mol. The van der Waals surface area contributed by atoms with Crippen molar-refractivity contribution in [2.24, 2.45) is 0 Å². The Morgan fingerprint density at radius 3 is 2.86 bits per heavy atom. The minimum Gasteiger partial charge on any atom is -0.397 e. The second kappa shape index (κ2) is 4.21. The van der Waals surface area contributed by atoms with Gasteiger partial charge in [-0.15, -0.1) is 6.58 Å². The Hall–Kier alpha value is -1.40. The van der Waals surface area contributed by atoms with Gasteiger partial charge in [-0.25, -0.2) is 13.1 Å². The normalized spacial score (nSPS) is 11.1. The summed E-state index contributed by atoms with van der Waals surface area (Å²) in [5.74, 6) is 0. The van der Waals surface area contributed by atoms with Gasteiger partial charge >= 0.3 is 0 Å². The van der Waals surface area contributed by atoms with Crippen LogP contribution in [0.4, 0.5) is 5.69 Å². The van der Waals surface area contributed by atoms with Crippen LogP contribution in [0, 0.1) is 0 Å². The number of aromatic nitrogens is 1. The lowest BCUT2D eigenvalue weighted by atomic mass is 10.4. The maximum absolute atomic E-state index is 11.5. The smallest absolute Gasteiger partial charge is 0.242 e. The molecule has 14 heavy (non-hydrogen) atoms. The van der Waals surface area contributed by atoms with Gasteiger partial charge in [-0.2, -0.15) is 0 Å². The van der Waals surface area contributed by atoms with Crippen LogP contribution in [0.1, 0.15) is 0 Å². The fourth-order valence-electron chi connectivity index (χ4n) is 0.835. The molecule has 0 aliphatic rings. The second-order valence-corrected chi connectivity index (χ2v) is 4.36. The quantitative estimate of drug-likeness (QED) is 0.696. The molecule has 0 radical (unpaired) electrons. The van der Waals surface area contributed by atoms with Crippen LogP contribution in [-0.4, -0.2) is 19.9 Å². The van der Waals surface area contributed by atoms with Gasteiger partial charge in [0.25, 0.3) is 0 Å². The number of anilines is 1. The minimum atomic E-state index is -3.51. The molecule has 3 N–H and O–H groups in total. The van der Waals surface area contributed by atoms with E-state index < -0.39 is 10.0 Å². The molecule has 0 saturated carbocycles. The van der Waals surface area contributed by atoms with E-state index in [4.69, 9.17) is 5.73 Å². The van der Waals surface area contributed by atoms with Crippen LogP contribution in [0.5, 0.6) is 0 Å². The van der Waals surface area contributed by atoms with Crippen molar-refractivity contribution in [3.63, 3.8) is 0 Å². The van der Waals surface area contributed by atoms with Crippen molar-refractivity contribution >= 4 is 15.7 Å². The van der Waals surface area contributed by atoms with Crippen LogP contribution < -0.4 is 10.5 Å². The van der Waals surface area contributed by atoms with E-state index in [0.717, 1.165) is 0 Å².